The van der Waals surface area contributed by atoms with Crippen molar-refractivity contribution in [1.29, 1.82) is 0 Å². The molecule has 5 nitrogen and oxygen atoms in total. The van der Waals surface area contributed by atoms with E-state index in [2.05, 4.69) is 5.32 Å². The third-order valence-electron chi connectivity index (χ3n) is 4.13. The first-order chi connectivity index (χ1) is 11.9. The predicted octanol–water partition coefficient (Wildman–Crippen LogP) is 2.61. The summed E-state index contributed by atoms with van der Waals surface area (Å²) in [4.78, 5) is 36.0. The molecule has 2 aromatic rings. The number of benzene rings is 2. The van der Waals surface area contributed by atoms with Crippen LogP contribution in [0.25, 0.3) is 0 Å². The van der Waals surface area contributed by atoms with Crippen LogP contribution in [0.15, 0.2) is 48.5 Å². The van der Waals surface area contributed by atoms with E-state index >= 15 is 0 Å². The van der Waals surface area contributed by atoms with Crippen LogP contribution in [0.4, 0.5) is 0 Å². The van der Waals surface area contributed by atoms with Crippen LogP contribution in [-0.4, -0.2) is 17.6 Å². The molecule has 0 saturated carbocycles. The first-order valence-electron chi connectivity index (χ1n) is 8.12. The van der Waals surface area contributed by atoms with Gasteiger partial charge in [0.15, 0.2) is 5.78 Å². The van der Waals surface area contributed by atoms with Crippen molar-refractivity contribution in [2.24, 2.45) is 5.73 Å². The van der Waals surface area contributed by atoms with Gasteiger partial charge in [-0.15, -0.1) is 0 Å². The van der Waals surface area contributed by atoms with Gasteiger partial charge < -0.3 is 11.1 Å². The van der Waals surface area contributed by atoms with Crippen molar-refractivity contribution < 1.29 is 14.4 Å². The topological polar surface area (TPSA) is 89.3 Å². The van der Waals surface area contributed by atoms with Gasteiger partial charge in [-0.3, -0.25) is 14.4 Å². The summed E-state index contributed by atoms with van der Waals surface area (Å²) in [6.07, 6.45) is 0.0803. The Morgan fingerprint density at radius 1 is 0.960 bits per heavy atom. The Bertz CT molecular complexity index is 785. The summed E-state index contributed by atoms with van der Waals surface area (Å²) < 4.78 is 0. The number of hydrogen-bond donors (Lipinski definition) is 2. The number of aryl methyl sites for hydroxylation is 2. The van der Waals surface area contributed by atoms with Gasteiger partial charge in [-0.25, -0.2) is 0 Å². The van der Waals surface area contributed by atoms with Gasteiger partial charge in [0.05, 0.1) is 0 Å². The molecule has 5 heteroatoms. The molecule has 0 radical (unpaired) electrons. The van der Waals surface area contributed by atoms with E-state index in [4.69, 9.17) is 5.73 Å². The molecule has 3 N–H and O–H groups in total. The largest absolute Gasteiger partial charge is 0.368 e. The molecule has 0 spiro atoms. The van der Waals surface area contributed by atoms with Gasteiger partial charge in [0.1, 0.15) is 6.04 Å². The number of carbonyl (C=O) groups excluding carboxylic acids is 3. The van der Waals surface area contributed by atoms with Gasteiger partial charge >= 0.3 is 0 Å². The van der Waals surface area contributed by atoms with Crippen LogP contribution in [0.1, 0.15) is 45.9 Å². The highest BCUT2D eigenvalue weighted by atomic mass is 16.2. The van der Waals surface area contributed by atoms with Gasteiger partial charge in [0.2, 0.25) is 11.8 Å². The molecule has 0 saturated heterocycles. The lowest BCUT2D eigenvalue weighted by molar-refractivity contribution is -0.127. The normalized spacial score (nSPS) is 11.6. The summed E-state index contributed by atoms with van der Waals surface area (Å²) >= 11 is 0. The standard InChI is InChI=1S/C20H22N2O3/c1-13-8-9-16(12-14(13)2)17(23)10-11-18(24)22-19(20(21)25)15-6-4-3-5-7-15/h3-9,12,19H,10-11H2,1-2H3,(H2,21,25)(H,22,24). The van der Waals surface area contributed by atoms with E-state index < -0.39 is 11.9 Å². The fourth-order valence-electron chi connectivity index (χ4n) is 2.48. The van der Waals surface area contributed by atoms with Crippen LogP contribution < -0.4 is 11.1 Å². The smallest absolute Gasteiger partial charge is 0.244 e. The molecule has 0 heterocycles. The van der Waals surface area contributed by atoms with Crippen molar-refractivity contribution in [3.63, 3.8) is 0 Å². The average Bonchev–Trinajstić information content (AvgIpc) is 2.60. The zero-order valence-electron chi connectivity index (χ0n) is 14.4. The zero-order chi connectivity index (χ0) is 18.4. The van der Waals surface area contributed by atoms with E-state index in [0.29, 0.717) is 11.1 Å². The number of rotatable bonds is 7. The van der Waals surface area contributed by atoms with E-state index in [-0.39, 0.29) is 24.5 Å². The van der Waals surface area contributed by atoms with Gasteiger partial charge in [0.25, 0.3) is 0 Å². The number of Topliss-reactive ketones (excluding diaryl/α,β-unsaturated/α-hetero) is 1. The van der Waals surface area contributed by atoms with E-state index in [1.807, 2.05) is 32.0 Å². The highest BCUT2D eigenvalue weighted by Gasteiger charge is 2.20. The molecule has 25 heavy (non-hydrogen) atoms. The number of ketones is 1. The van der Waals surface area contributed by atoms with E-state index in [1.54, 1.807) is 30.3 Å². The van der Waals surface area contributed by atoms with Crippen molar-refractivity contribution in [2.75, 3.05) is 0 Å². The van der Waals surface area contributed by atoms with Crippen molar-refractivity contribution in [3.8, 4) is 0 Å². The molecule has 1 unspecified atom stereocenters. The Morgan fingerprint density at radius 2 is 1.64 bits per heavy atom. The van der Waals surface area contributed by atoms with Gasteiger partial charge in [-0.1, -0.05) is 42.5 Å². The zero-order valence-corrected chi connectivity index (χ0v) is 14.4. The number of carbonyl (C=O) groups is 3. The maximum absolute atomic E-state index is 12.2. The van der Waals surface area contributed by atoms with Crippen LogP contribution >= 0.6 is 0 Å². The van der Waals surface area contributed by atoms with Crippen LogP contribution in [0.2, 0.25) is 0 Å². The van der Waals surface area contributed by atoms with Crippen molar-refractivity contribution in [1.82, 2.24) is 5.32 Å². The second kappa shape index (κ2) is 8.24. The Morgan fingerprint density at radius 3 is 2.24 bits per heavy atom. The van der Waals surface area contributed by atoms with Gasteiger partial charge in [-0.05, 0) is 36.6 Å². The SMILES string of the molecule is Cc1ccc(C(=O)CCC(=O)NC(C(N)=O)c2ccccc2)cc1C. The van der Waals surface area contributed by atoms with Crippen LogP contribution in [0, 0.1) is 13.8 Å². The molecule has 130 valence electrons. The van der Waals surface area contributed by atoms with E-state index in [9.17, 15) is 14.4 Å². The fourth-order valence-corrected chi connectivity index (χ4v) is 2.48. The maximum atomic E-state index is 12.2. The minimum atomic E-state index is -0.898. The summed E-state index contributed by atoms with van der Waals surface area (Å²) in [7, 11) is 0. The molecule has 2 rings (SSSR count). The van der Waals surface area contributed by atoms with Gasteiger partial charge in [0, 0.05) is 18.4 Å². The number of nitrogens with one attached hydrogen (secondary N) is 1. The summed E-state index contributed by atoms with van der Waals surface area (Å²) in [6.45, 7) is 3.92. The lowest BCUT2D eigenvalue weighted by atomic mass is 10.0. The third kappa shape index (κ3) is 5.01. The van der Waals surface area contributed by atoms with Crippen molar-refractivity contribution in [2.45, 2.75) is 32.7 Å². The second-order valence-corrected chi connectivity index (χ2v) is 6.04. The lowest BCUT2D eigenvalue weighted by Gasteiger charge is -2.15. The van der Waals surface area contributed by atoms with Crippen LogP contribution in [0.5, 0.6) is 0 Å². The van der Waals surface area contributed by atoms with Crippen molar-refractivity contribution >= 4 is 17.6 Å². The molecule has 0 fully saturated rings. The molecular weight excluding hydrogens is 316 g/mol. The fraction of sp³-hybridized carbons (Fsp3) is 0.250. The van der Waals surface area contributed by atoms with Crippen molar-refractivity contribution in [3.05, 3.63) is 70.8 Å². The molecule has 0 aliphatic heterocycles. The number of hydrogen-bond acceptors (Lipinski definition) is 3. The highest BCUT2D eigenvalue weighted by molar-refractivity contribution is 5.98. The summed E-state index contributed by atoms with van der Waals surface area (Å²) in [5, 5.41) is 2.59. The Hall–Kier alpha value is -2.95. The molecule has 0 aromatic heterocycles. The first kappa shape index (κ1) is 18.4. The van der Waals surface area contributed by atoms with Gasteiger partial charge in [-0.2, -0.15) is 0 Å². The predicted molar refractivity (Wildman–Crippen MR) is 96.0 cm³/mol. The Labute approximate surface area is 147 Å². The second-order valence-electron chi connectivity index (χ2n) is 6.04. The summed E-state index contributed by atoms with van der Waals surface area (Å²) in [6, 6.07) is 13.4. The molecule has 2 amide bonds. The molecule has 0 aliphatic rings. The van der Waals surface area contributed by atoms with Crippen LogP contribution in [0.3, 0.4) is 0 Å². The Kier molecular flexibility index (Phi) is 6.06. The minimum Gasteiger partial charge on any atom is -0.368 e. The number of nitrogens with two attached hydrogens (primary N) is 1. The van der Waals surface area contributed by atoms with Crippen LogP contribution in [-0.2, 0) is 9.59 Å². The Balaban J connectivity index is 1.96. The molecule has 0 bridgehead atoms. The minimum absolute atomic E-state index is 0.00235. The molecular formula is C20H22N2O3. The number of amides is 2. The first-order valence-corrected chi connectivity index (χ1v) is 8.12. The monoisotopic (exact) mass is 338 g/mol. The molecule has 1 atom stereocenters. The molecule has 0 aliphatic carbocycles. The van der Waals surface area contributed by atoms with E-state index in [0.717, 1.165) is 11.1 Å². The highest BCUT2D eigenvalue weighted by Crippen LogP contribution is 2.14. The molecule has 2 aromatic carbocycles. The quantitative estimate of drug-likeness (QED) is 0.761. The summed E-state index contributed by atoms with van der Waals surface area (Å²) in [5.74, 6) is -1.13. The maximum Gasteiger partial charge on any atom is 0.244 e. The third-order valence-corrected chi connectivity index (χ3v) is 4.13. The average molecular weight is 338 g/mol. The number of primary amides is 1. The summed E-state index contributed by atoms with van der Waals surface area (Å²) in [5.41, 5.74) is 8.73. The lowest BCUT2D eigenvalue weighted by Crippen LogP contribution is -2.37. The van der Waals surface area contributed by atoms with E-state index in [1.165, 1.54) is 0 Å².